The van der Waals surface area contributed by atoms with Crippen molar-refractivity contribution in [3.8, 4) is 11.5 Å². The van der Waals surface area contributed by atoms with Crippen molar-refractivity contribution in [3.63, 3.8) is 0 Å². The Bertz CT molecular complexity index is 1010. The second-order valence-electron chi connectivity index (χ2n) is 7.24. The summed E-state index contributed by atoms with van der Waals surface area (Å²) in [4.78, 5) is 11.5. The highest BCUT2D eigenvalue weighted by atomic mass is 79.9. The highest BCUT2D eigenvalue weighted by molar-refractivity contribution is 9.10. The first kappa shape index (κ1) is 21.0. The Labute approximate surface area is 178 Å². The van der Waals surface area contributed by atoms with Crippen molar-refractivity contribution in [2.75, 3.05) is 13.7 Å². The van der Waals surface area contributed by atoms with Gasteiger partial charge in [-0.05, 0) is 46.5 Å². The molecule has 0 spiro atoms. The molecule has 2 aromatic carbocycles. The maximum atomic E-state index is 14.6. The monoisotopic (exact) mass is 488 g/mol. The van der Waals surface area contributed by atoms with Crippen LogP contribution in [0.15, 0.2) is 28.7 Å². The van der Waals surface area contributed by atoms with E-state index in [1.165, 1.54) is 7.11 Å². The minimum atomic E-state index is -4.65. The summed E-state index contributed by atoms with van der Waals surface area (Å²) in [5.74, 6) is -0.408. The Hall–Kier alpha value is -2.29. The molecule has 0 N–H and O–H groups in total. The van der Waals surface area contributed by atoms with Gasteiger partial charge in [0, 0.05) is 27.6 Å². The number of carbonyl (C=O) groups excluding carboxylic acids is 1. The van der Waals surface area contributed by atoms with Crippen molar-refractivity contribution in [2.45, 2.75) is 37.5 Å². The minimum Gasteiger partial charge on any atom is -0.492 e. The van der Waals surface area contributed by atoms with Crippen LogP contribution in [0.5, 0.6) is 11.5 Å². The second kappa shape index (κ2) is 7.76. The van der Waals surface area contributed by atoms with Gasteiger partial charge in [0.1, 0.15) is 23.4 Å². The van der Waals surface area contributed by atoms with Gasteiger partial charge in [-0.3, -0.25) is 4.79 Å². The smallest absolute Gasteiger partial charge is 0.417 e. The van der Waals surface area contributed by atoms with E-state index in [1.807, 2.05) is 0 Å². The van der Waals surface area contributed by atoms with Gasteiger partial charge in [0.05, 0.1) is 25.7 Å². The zero-order valence-electron chi connectivity index (χ0n) is 15.8. The first-order valence-corrected chi connectivity index (χ1v) is 10.1. The standard InChI is InChI=1S/C21H17BrF4O4/c1-28-18(27)6-10-9-29-17-7-11(2-3-12(10)17)30-16-5-4-13-19(16)15(23)8-14(20(13)22)21(24,25)26/h2-3,7-8,10,16H,4-6,9H2,1H3/t10-,16?/m1/s1. The Morgan fingerprint density at radius 2 is 2.07 bits per heavy atom. The molecule has 2 aromatic rings. The predicted octanol–water partition coefficient (Wildman–Crippen LogP) is 5.71. The summed E-state index contributed by atoms with van der Waals surface area (Å²) in [5.41, 5.74) is 0.244. The lowest BCUT2D eigenvalue weighted by molar-refractivity contribution is -0.141. The SMILES string of the molecule is COC(=O)C[C@@H]1COc2cc(OC3CCc4c(Br)c(C(F)(F)F)cc(F)c43)ccc21. The average molecular weight is 489 g/mol. The quantitative estimate of drug-likeness (QED) is 0.408. The molecule has 2 atom stereocenters. The van der Waals surface area contributed by atoms with Crippen molar-refractivity contribution in [1.29, 1.82) is 0 Å². The maximum absolute atomic E-state index is 14.6. The summed E-state index contributed by atoms with van der Waals surface area (Å²) < 4.78 is 70.1. The molecule has 1 heterocycles. The lowest BCUT2D eigenvalue weighted by Gasteiger charge is -2.18. The van der Waals surface area contributed by atoms with Gasteiger partial charge in [0.2, 0.25) is 0 Å². The zero-order valence-corrected chi connectivity index (χ0v) is 17.4. The van der Waals surface area contributed by atoms with Gasteiger partial charge >= 0.3 is 12.1 Å². The van der Waals surface area contributed by atoms with E-state index in [0.29, 0.717) is 30.6 Å². The van der Waals surface area contributed by atoms with Crippen molar-refractivity contribution in [1.82, 2.24) is 0 Å². The van der Waals surface area contributed by atoms with Gasteiger partial charge in [-0.1, -0.05) is 6.07 Å². The third kappa shape index (κ3) is 3.75. The fraction of sp³-hybridized carbons (Fsp3) is 0.381. The highest BCUT2D eigenvalue weighted by Crippen LogP contribution is 2.46. The van der Waals surface area contributed by atoms with Crippen LogP contribution >= 0.6 is 15.9 Å². The van der Waals surface area contributed by atoms with E-state index in [2.05, 4.69) is 15.9 Å². The number of rotatable bonds is 4. The summed E-state index contributed by atoms with van der Waals surface area (Å²) in [7, 11) is 1.32. The van der Waals surface area contributed by atoms with Crippen LogP contribution in [0.2, 0.25) is 0 Å². The molecule has 0 radical (unpaired) electrons. The fourth-order valence-corrected chi connectivity index (χ4v) is 4.73. The van der Waals surface area contributed by atoms with E-state index in [1.54, 1.807) is 18.2 Å². The van der Waals surface area contributed by atoms with Crippen LogP contribution in [0.4, 0.5) is 17.6 Å². The van der Waals surface area contributed by atoms with Crippen LogP contribution < -0.4 is 9.47 Å². The molecular weight excluding hydrogens is 472 g/mol. The topological polar surface area (TPSA) is 44.8 Å². The summed E-state index contributed by atoms with van der Waals surface area (Å²) in [6, 6.07) is 5.63. The van der Waals surface area contributed by atoms with Gasteiger partial charge in [-0.25, -0.2) is 4.39 Å². The number of esters is 1. The number of alkyl halides is 3. The van der Waals surface area contributed by atoms with Gasteiger partial charge < -0.3 is 14.2 Å². The number of benzene rings is 2. The van der Waals surface area contributed by atoms with Crippen molar-refractivity contribution in [2.24, 2.45) is 0 Å². The average Bonchev–Trinajstić information content (AvgIpc) is 3.28. The molecule has 0 aromatic heterocycles. The molecule has 2 aliphatic rings. The molecular formula is C21H17BrF4O4. The highest BCUT2D eigenvalue weighted by Gasteiger charge is 2.39. The van der Waals surface area contributed by atoms with Crippen molar-refractivity contribution < 1.29 is 36.6 Å². The number of hydrogen-bond acceptors (Lipinski definition) is 4. The van der Waals surface area contributed by atoms with Gasteiger partial charge in [-0.2, -0.15) is 13.2 Å². The number of methoxy groups -OCH3 is 1. The van der Waals surface area contributed by atoms with E-state index in [-0.39, 0.29) is 40.3 Å². The summed E-state index contributed by atoms with van der Waals surface area (Å²) >= 11 is 2.99. The van der Waals surface area contributed by atoms with Crippen LogP contribution in [0.1, 0.15) is 47.1 Å². The van der Waals surface area contributed by atoms with Gasteiger partial charge in [0.25, 0.3) is 0 Å². The third-order valence-corrected chi connectivity index (χ3v) is 6.33. The molecule has 1 unspecified atom stereocenters. The number of carbonyl (C=O) groups is 1. The maximum Gasteiger partial charge on any atom is 0.417 e. The van der Waals surface area contributed by atoms with E-state index >= 15 is 0 Å². The molecule has 0 fully saturated rings. The van der Waals surface area contributed by atoms with Crippen LogP contribution in [0.25, 0.3) is 0 Å². The van der Waals surface area contributed by atoms with E-state index in [9.17, 15) is 22.4 Å². The molecule has 30 heavy (non-hydrogen) atoms. The molecule has 1 aliphatic carbocycles. The van der Waals surface area contributed by atoms with E-state index in [0.717, 1.165) is 5.56 Å². The number of fused-ring (bicyclic) bond motifs is 2. The Morgan fingerprint density at radius 1 is 1.30 bits per heavy atom. The molecule has 4 nitrogen and oxygen atoms in total. The second-order valence-corrected chi connectivity index (χ2v) is 8.04. The molecule has 1 aliphatic heterocycles. The van der Waals surface area contributed by atoms with Crippen molar-refractivity contribution >= 4 is 21.9 Å². The largest absolute Gasteiger partial charge is 0.492 e. The molecule has 0 saturated carbocycles. The Kier molecular flexibility index (Phi) is 5.42. The molecule has 0 amide bonds. The summed E-state index contributed by atoms with van der Waals surface area (Å²) in [6.07, 6.45) is -4.53. The Balaban J connectivity index is 1.57. The lowest BCUT2D eigenvalue weighted by Crippen LogP contribution is -2.11. The van der Waals surface area contributed by atoms with Crippen LogP contribution in [0.3, 0.4) is 0 Å². The molecule has 160 valence electrons. The van der Waals surface area contributed by atoms with Gasteiger partial charge in [0.15, 0.2) is 0 Å². The fourth-order valence-electron chi connectivity index (χ4n) is 3.98. The summed E-state index contributed by atoms with van der Waals surface area (Å²) in [5, 5.41) is 0. The molecule has 4 rings (SSSR count). The van der Waals surface area contributed by atoms with Gasteiger partial charge in [-0.15, -0.1) is 0 Å². The lowest BCUT2D eigenvalue weighted by atomic mass is 9.98. The van der Waals surface area contributed by atoms with Crippen LogP contribution in [0, 0.1) is 5.82 Å². The zero-order chi connectivity index (χ0) is 21.6. The predicted molar refractivity (Wildman–Crippen MR) is 102 cm³/mol. The molecule has 9 heteroatoms. The minimum absolute atomic E-state index is 0.122. The molecule has 0 bridgehead atoms. The number of hydrogen-bond donors (Lipinski definition) is 0. The van der Waals surface area contributed by atoms with E-state index < -0.39 is 23.7 Å². The number of halogens is 5. The van der Waals surface area contributed by atoms with Crippen LogP contribution in [-0.4, -0.2) is 19.7 Å². The van der Waals surface area contributed by atoms with Crippen LogP contribution in [-0.2, 0) is 22.1 Å². The van der Waals surface area contributed by atoms with Crippen molar-refractivity contribution in [3.05, 3.63) is 56.8 Å². The molecule has 0 saturated heterocycles. The first-order valence-electron chi connectivity index (χ1n) is 9.27. The number of ether oxygens (including phenoxy) is 3. The Morgan fingerprint density at radius 3 is 2.77 bits per heavy atom. The summed E-state index contributed by atoms with van der Waals surface area (Å²) in [6.45, 7) is 0.335. The third-order valence-electron chi connectivity index (χ3n) is 5.42. The normalized spacial score (nSPS) is 19.8. The van der Waals surface area contributed by atoms with E-state index in [4.69, 9.17) is 14.2 Å². The first-order chi connectivity index (χ1) is 14.2.